The van der Waals surface area contributed by atoms with Crippen molar-refractivity contribution < 1.29 is 19.1 Å². The number of benzene rings is 2. The summed E-state index contributed by atoms with van der Waals surface area (Å²) in [7, 11) is 0. The molecule has 1 aromatic heterocycles. The van der Waals surface area contributed by atoms with Gasteiger partial charge in [0, 0.05) is 6.42 Å². The molecule has 2 aromatic carbocycles. The maximum atomic E-state index is 12.9. The zero-order chi connectivity index (χ0) is 21.1. The molecule has 0 saturated carbocycles. The van der Waals surface area contributed by atoms with Crippen molar-refractivity contribution in [3.8, 4) is 5.69 Å². The van der Waals surface area contributed by atoms with Gasteiger partial charge in [-0.2, -0.15) is 4.68 Å². The summed E-state index contributed by atoms with van der Waals surface area (Å²) < 4.78 is 6.48. The van der Waals surface area contributed by atoms with Crippen LogP contribution in [0.4, 0.5) is 5.69 Å². The molecule has 3 aromatic rings. The van der Waals surface area contributed by atoms with Gasteiger partial charge in [0.15, 0.2) is 0 Å². The molecule has 9 nitrogen and oxygen atoms in total. The molecular weight excluding hydrogens is 406 g/mol. The number of thioether (sulfide) groups is 1. The molecule has 0 bridgehead atoms. The zero-order valence-electron chi connectivity index (χ0n) is 16.0. The maximum Gasteiger partial charge on any atom is 0.338 e. The molecule has 4 rings (SSSR count). The molecule has 1 saturated heterocycles. The van der Waals surface area contributed by atoms with Gasteiger partial charge in [-0.05, 0) is 53.7 Å². The third-order valence-corrected chi connectivity index (χ3v) is 5.55. The first-order valence-corrected chi connectivity index (χ1v) is 10.1. The van der Waals surface area contributed by atoms with E-state index >= 15 is 0 Å². The van der Waals surface area contributed by atoms with Crippen molar-refractivity contribution in [3.05, 3.63) is 60.2 Å². The van der Waals surface area contributed by atoms with Gasteiger partial charge in [0.1, 0.15) is 5.25 Å². The van der Waals surface area contributed by atoms with Gasteiger partial charge in [0.2, 0.25) is 17.0 Å². The van der Waals surface area contributed by atoms with Crippen LogP contribution in [0.3, 0.4) is 0 Å². The molecule has 1 aliphatic heterocycles. The quantitative estimate of drug-likeness (QED) is 0.439. The van der Waals surface area contributed by atoms with E-state index in [0.29, 0.717) is 16.4 Å². The summed E-state index contributed by atoms with van der Waals surface area (Å²) >= 11 is 1.14. The van der Waals surface area contributed by atoms with E-state index in [1.807, 2.05) is 30.3 Å². The van der Waals surface area contributed by atoms with E-state index < -0.39 is 11.2 Å². The normalized spacial score (nSPS) is 16.2. The van der Waals surface area contributed by atoms with E-state index in [1.54, 1.807) is 19.1 Å². The van der Waals surface area contributed by atoms with Crippen LogP contribution in [0, 0.1) is 0 Å². The molecule has 0 spiro atoms. The third-order valence-electron chi connectivity index (χ3n) is 4.43. The van der Waals surface area contributed by atoms with Crippen molar-refractivity contribution in [2.45, 2.75) is 23.8 Å². The second-order valence-electron chi connectivity index (χ2n) is 6.35. The lowest BCUT2D eigenvalue weighted by Crippen LogP contribution is -2.31. The number of amides is 2. The van der Waals surface area contributed by atoms with E-state index in [2.05, 4.69) is 15.5 Å². The van der Waals surface area contributed by atoms with Crippen LogP contribution in [0.1, 0.15) is 23.7 Å². The van der Waals surface area contributed by atoms with Gasteiger partial charge in [0.05, 0.1) is 23.5 Å². The van der Waals surface area contributed by atoms with Crippen LogP contribution in [-0.2, 0) is 14.3 Å². The molecule has 30 heavy (non-hydrogen) atoms. The number of rotatable bonds is 6. The Bertz CT molecular complexity index is 1080. The minimum Gasteiger partial charge on any atom is -0.462 e. The van der Waals surface area contributed by atoms with Crippen molar-refractivity contribution in [3.63, 3.8) is 0 Å². The highest BCUT2D eigenvalue weighted by atomic mass is 32.2. The summed E-state index contributed by atoms with van der Waals surface area (Å²) in [5, 5.41) is 11.4. The first-order chi connectivity index (χ1) is 14.6. The average Bonchev–Trinajstić information content (AvgIpc) is 3.33. The van der Waals surface area contributed by atoms with Gasteiger partial charge in [-0.1, -0.05) is 30.0 Å². The van der Waals surface area contributed by atoms with E-state index in [-0.39, 0.29) is 24.8 Å². The van der Waals surface area contributed by atoms with Gasteiger partial charge in [-0.3, -0.25) is 9.59 Å². The second-order valence-corrected chi connectivity index (χ2v) is 7.52. The number of nitrogens with zero attached hydrogens (tertiary/aromatic N) is 5. The van der Waals surface area contributed by atoms with Crippen molar-refractivity contribution in [1.82, 2.24) is 20.2 Å². The van der Waals surface area contributed by atoms with Crippen molar-refractivity contribution >= 4 is 35.2 Å². The Hall–Kier alpha value is -3.53. The molecule has 1 aliphatic rings. The number of para-hydroxylation sites is 1. The van der Waals surface area contributed by atoms with Gasteiger partial charge in [-0.15, -0.1) is 5.10 Å². The van der Waals surface area contributed by atoms with E-state index in [0.717, 1.165) is 22.3 Å². The highest BCUT2D eigenvalue weighted by Gasteiger charge is 2.41. The first kappa shape index (κ1) is 19.8. The molecule has 0 radical (unpaired) electrons. The minimum atomic E-state index is -0.643. The van der Waals surface area contributed by atoms with Crippen molar-refractivity contribution in [2.24, 2.45) is 0 Å². The summed E-state index contributed by atoms with van der Waals surface area (Å²) in [6.45, 7) is 1.99. The Morgan fingerprint density at radius 3 is 2.53 bits per heavy atom. The lowest BCUT2D eigenvalue weighted by Gasteiger charge is -2.15. The maximum absolute atomic E-state index is 12.9. The number of ether oxygens (including phenoxy) is 1. The topological polar surface area (TPSA) is 107 Å². The fourth-order valence-electron chi connectivity index (χ4n) is 3.04. The second kappa shape index (κ2) is 8.46. The standard InChI is InChI=1S/C20H17N5O4S/c1-2-29-19(28)13-8-10-14(11-9-13)24-17(26)12-16(18(24)27)30-20-21-22-23-25(20)15-6-4-3-5-7-15/h3-11,16H,2,12H2,1H3/t16-/m0/s1. The van der Waals surface area contributed by atoms with Gasteiger partial charge in [-0.25, -0.2) is 9.69 Å². The largest absolute Gasteiger partial charge is 0.462 e. The molecule has 1 fully saturated rings. The summed E-state index contributed by atoms with van der Waals surface area (Å²) in [4.78, 5) is 38.4. The highest BCUT2D eigenvalue weighted by molar-refractivity contribution is 8.00. The van der Waals surface area contributed by atoms with Crippen LogP contribution in [0.2, 0.25) is 0 Å². The fourth-order valence-corrected chi connectivity index (χ4v) is 4.05. The summed E-state index contributed by atoms with van der Waals surface area (Å²) in [6, 6.07) is 15.5. The number of hydrogen-bond acceptors (Lipinski definition) is 8. The summed E-state index contributed by atoms with van der Waals surface area (Å²) in [5.74, 6) is -1.12. The Balaban J connectivity index is 1.52. The predicted molar refractivity (Wildman–Crippen MR) is 108 cm³/mol. The van der Waals surface area contributed by atoms with Crippen LogP contribution in [-0.4, -0.2) is 49.8 Å². The molecule has 0 aliphatic carbocycles. The molecular formula is C20H17N5O4S. The number of carbonyl (C=O) groups is 3. The van der Waals surface area contributed by atoms with Crippen molar-refractivity contribution in [2.75, 3.05) is 11.5 Å². The van der Waals surface area contributed by atoms with Crippen LogP contribution < -0.4 is 4.90 Å². The van der Waals surface area contributed by atoms with Crippen LogP contribution in [0.15, 0.2) is 59.8 Å². The van der Waals surface area contributed by atoms with Crippen LogP contribution >= 0.6 is 11.8 Å². The summed E-state index contributed by atoms with van der Waals surface area (Å²) in [5.41, 5.74) is 1.52. The number of tetrazole rings is 1. The molecule has 0 N–H and O–H groups in total. The molecule has 152 valence electrons. The molecule has 2 heterocycles. The Labute approximate surface area is 176 Å². The predicted octanol–water partition coefficient (Wildman–Crippen LogP) is 2.26. The van der Waals surface area contributed by atoms with Crippen LogP contribution in [0.25, 0.3) is 5.69 Å². The Morgan fingerprint density at radius 2 is 1.83 bits per heavy atom. The van der Waals surface area contributed by atoms with Crippen molar-refractivity contribution in [1.29, 1.82) is 0 Å². The molecule has 10 heteroatoms. The van der Waals surface area contributed by atoms with E-state index in [1.165, 1.54) is 16.8 Å². The van der Waals surface area contributed by atoms with Gasteiger partial charge < -0.3 is 4.74 Å². The lowest BCUT2D eigenvalue weighted by molar-refractivity contribution is -0.121. The molecule has 0 unspecified atom stereocenters. The van der Waals surface area contributed by atoms with E-state index in [4.69, 9.17) is 4.74 Å². The SMILES string of the molecule is CCOC(=O)c1ccc(N2C(=O)C[C@H](Sc3nnnn3-c3ccccc3)C2=O)cc1. The van der Waals surface area contributed by atoms with Gasteiger partial charge in [0.25, 0.3) is 0 Å². The number of hydrogen-bond donors (Lipinski definition) is 0. The van der Waals surface area contributed by atoms with Crippen LogP contribution in [0.5, 0.6) is 0 Å². The number of aromatic nitrogens is 4. The molecule has 1 atom stereocenters. The molecule has 2 amide bonds. The number of carbonyl (C=O) groups excluding carboxylic acids is 3. The summed E-state index contributed by atoms with van der Waals surface area (Å²) in [6.07, 6.45) is 0.0325. The zero-order valence-corrected chi connectivity index (χ0v) is 16.8. The number of esters is 1. The highest BCUT2D eigenvalue weighted by Crippen LogP contribution is 2.33. The minimum absolute atomic E-state index is 0.0325. The number of imide groups is 1. The monoisotopic (exact) mass is 423 g/mol. The third kappa shape index (κ3) is 3.81. The Morgan fingerprint density at radius 1 is 1.10 bits per heavy atom. The first-order valence-electron chi connectivity index (χ1n) is 9.23. The number of anilines is 1. The fraction of sp³-hybridized carbons (Fsp3) is 0.200. The van der Waals surface area contributed by atoms with Gasteiger partial charge >= 0.3 is 5.97 Å². The lowest BCUT2D eigenvalue weighted by atomic mass is 10.2. The smallest absolute Gasteiger partial charge is 0.338 e. The Kier molecular flexibility index (Phi) is 5.57. The average molecular weight is 423 g/mol. The van der Waals surface area contributed by atoms with E-state index in [9.17, 15) is 14.4 Å².